The van der Waals surface area contributed by atoms with E-state index in [1.54, 1.807) is 26.0 Å². The summed E-state index contributed by atoms with van der Waals surface area (Å²) in [6.45, 7) is 3.75. The first-order chi connectivity index (χ1) is 8.95. The Balaban J connectivity index is 2.91. The second kappa shape index (κ2) is 6.53. The van der Waals surface area contributed by atoms with Gasteiger partial charge in [-0.25, -0.2) is 0 Å². The van der Waals surface area contributed by atoms with E-state index in [0.717, 1.165) is 0 Å². The minimum Gasteiger partial charge on any atom is -0.466 e. The lowest BCUT2D eigenvalue weighted by atomic mass is 10.1. The Bertz CT molecular complexity index is 524. The van der Waals surface area contributed by atoms with Crippen molar-refractivity contribution in [2.45, 2.75) is 20.3 Å². The van der Waals surface area contributed by atoms with Gasteiger partial charge in [-0.05, 0) is 19.4 Å². The number of carbonyl (C=O) groups is 1. The zero-order valence-electron chi connectivity index (χ0n) is 10.9. The van der Waals surface area contributed by atoms with Gasteiger partial charge in [0.15, 0.2) is 0 Å². The lowest BCUT2D eigenvalue weighted by Gasteiger charge is -2.04. The van der Waals surface area contributed by atoms with E-state index in [1.807, 2.05) is 0 Å². The van der Waals surface area contributed by atoms with Gasteiger partial charge in [-0.3, -0.25) is 14.9 Å². The Morgan fingerprint density at radius 3 is 2.79 bits per heavy atom. The zero-order valence-corrected chi connectivity index (χ0v) is 10.9. The largest absolute Gasteiger partial charge is 0.466 e. The van der Waals surface area contributed by atoms with Gasteiger partial charge in [0.25, 0.3) is 5.69 Å². The Labute approximate surface area is 111 Å². The standard InChI is InChI=1S/C13H16N2O4/c1-3-19-12(16)6-4-5-10-8-11(15(17)18)7-9(2)13(10)14/h4-5,7-8H,3,6,14H2,1-2H3. The molecule has 2 N–H and O–H groups in total. The van der Waals surface area contributed by atoms with Crippen molar-refractivity contribution in [2.24, 2.45) is 0 Å². The normalized spacial score (nSPS) is 10.6. The molecule has 1 aromatic carbocycles. The van der Waals surface area contributed by atoms with Gasteiger partial charge in [-0.2, -0.15) is 0 Å². The average Bonchev–Trinajstić information content (AvgIpc) is 2.34. The molecule has 19 heavy (non-hydrogen) atoms. The first-order valence-corrected chi connectivity index (χ1v) is 5.82. The van der Waals surface area contributed by atoms with Crippen molar-refractivity contribution in [3.05, 3.63) is 39.4 Å². The number of non-ortho nitro benzene ring substituents is 1. The SMILES string of the molecule is CCOC(=O)CC=Cc1cc([N+](=O)[O-])cc(C)c1N. The van der Waals surface area contributed by atoms with Crippen LogP contribution in [-0.2, 0) is 9.53 Å². The topological polar surface area (TPSA) is 95.5 Å². The van der Waals surface area contributed by atoms with Gasteiger partial charge in [0, 0.05) is 23.4 Å². The minimum absolute atomic E-state index is 0.0255. The number of esters is 1. The molecule has 0 aliphatic heterocycles. The summed E-state index contributed by atoms with van der Waals surface area (Å²) >= 11 is 0. The average molecular weight is 264 g/mol. The number of hydrogen-bond acceptors (Lipinski definition) is 5. The highest BCUT2D eigenvalue weighted by Crippen LogP contribution is 2.25. The lowest BCUT2D eigenvalue weighted by Crippen LogP contribution is -2.01. The summed E-state index contributed by atoms with van der Waals surface area (Å²) in [4.78, 5) is 21.4. The molecule has 1 rings (SSSR count). The molecule has 6 heteroatoms. The summed E-state index contributed by atoms with van der Waals surface area (Å²) in [5.74, 6) is -0.348. The number of hydrogen-bond donors (Lipinski definition) is 1. The van der Waals surface area contributed by atoms with E-state index in [1.165, 1.54) is 12.1 Å². The van der Waals surface area contributed by atoms with Gasteiger partial charge < -0.3 is 10.5 Å². The molecular weight excluding hydrogens is 248 g/mol. The van der Waals surface area contributed by atoms with E-state index in [4.69, 9.17) is 10.5 Å². The summed E-state index contributed by atoms with van der Waals surface area (Å²) < 4.78 is 4.77. The van der Waals surface area contributed by atoms with Crippen LogP contribution < -0.4 is 5.73 Å². The fraction of sp³-hybridized carbons (Fsp3) is 0.308. The summed E-state index contributed by atoms with van der Waals surface area (Å²) in [5.41, 5.74) is 7.43. The van der Waals surface area contributed by atoms with Gasteiger partial charge >= 0.3 is 5.97 Å². The number of nitrogens with two attached hydrogens (primary N) is 1. The molecule has 6 nitrogen and oxygen atoms in total. The Hall–Kier alpha value is -2.37. The van der Waals surface area contributed by atoms with E-state index in [2.05, 4.69) is 0 Å². The van der Waals surface area contributed by atoms with Crippen LogP contribution in [0.3, 0.4) is 0 Å². The molecule has 0 saturated carbocycles. The van der Waals surface area contributed by atoms with Crippen molar-refractivity contribution in [1.82, 2.24) is 0 Å². The highest BCUT2D eigenvalue weighted by Gasteiger charge is 2.10. The van der Waals surface area contributed by atoms with Crippen LogP contribution >= 0.6 is 0 Å². The van der Waals surface area contributed by atoms with E-state index in [9.17, 15) is 14.9 Å². The van der Waals surface area contributed by atoms with Crippen molar-refractivity contribution >= 4 is 23.4 Å². The highest BCUT2D eigenvalue weighted by atomic mass is 16.6. The second-order valence-electron chi connectivity index (χ2n) is 3.93. The number of nitrogens with zero attached hydrogens (tertiary/aromatic N) is 1. The van der Waals surface area contributed by atoms with Gasteiger partial charge in [0.05, 0.1) is 18.0 Å². The van der Waals surface area contributed by atoms with Gasteiger partial charge in [0.2, 0.25) is 0 Å². The van der Waals surface area contributed by atoms with Crippen LogP contribution in [0.4, 0.5) is 11.4 Å². The number of carbonyl (C=O) groups excluding carboxylic acids is 1. The quantitative estimate of drug-likeness (QED) is 0.381. The molecule has 0 fully saturated rings. The van der Waals surface area contributed by atoms with Crippen molar-refractivity contribution < 1.29 is 14.5 Å². The summed E-state index contributed by atoms with van der Waals surface area (Å²) in [6.07, 6.45) is 3.27. The Kier molecular flexibility index (Phi) is 5.05. The van der Waals surface area contributed by atoms with Crippen molar-refractivity contribution in [1.29, 1.82) is 0 Å². The summed E-state index contributed by atoms with van der Waals surface area (Å²) in [5, 5.41) is 10.8. The molecule has 0 spiro atoms. The molecule has 0 bridgehead atoms. The van der Waals surface area contributed by atoms with Crippen LogP contribution in [0, 0.1) is 17.0 Å². The van der Waals surface area contributed by atoms with Crippen LogP contribution in [0.15, 0.2) is 18.2 Å². The number of aryl methyl sites for hydroxylation is 1. The number of nitro benzene ring substituents is 1. The zero-order chi connectivity index (χ0) is 14.4. The molecule has 0 saturated heterocycles. The third-order valence-electron chi connectivity index (χ3n) is 2.50. The maximum Gasteiger partial charge on any atom is 0.309 e. The van der Waals surface area contributed by atoms with Crippen LogP contribution in [-0.4, -0.2) is 17.5 Å². The highest BCUT2D eigenvalue weighted by molar-refractivity contribution is 5.75. The predicted molar refractivity (Wildman–Crippen MR) is 72.5 cm³/mol. The Morgan fingerprint density at radius 1 is 1.53 bits per heavy atom. The van der Waals surface area contributed by atoms with Crippen molar-refractivity contribution in [2.75, 3.05) is 12.3 Å². The van der Waals surface area contributed by atoms with Gasteiger partial charge in [-0.15, -0.1) is 0 Å². The molecular formula is C13H16N2O4. The van der Waals surface area contributed by atoms with E-state index < -0.39 is 4.92 Å². The number of rotatable bonds is 5. The van der Waals surface area contributed by atoms with E-state index in [-0.39, 0.29) is 18.1 Å². The number of nitrogen functional groups attached to an aromatic ring is 1. The molecule has 0 aliphatic rings. The Morgan fingerprint density at radius 2 is 2.21 bits per heavy atom. The number of ether oxygens (including phenoxy) is 1. The van der Waals surface area contributed by atoms with Gasteiger partial charge in [0.1, 0.15) is 0 Å². The van der Waals surface area contributed by atoms with E-state index in [0.29, 0.717) is 23.4 Å². The first-order valence-electron chi connectivity index (χ1n) is 5.82. The summed E-state index contributed by atoms with van der Waals surface area (Å²) in [6, 6.07) is 2.79. The lowest BCUT2D eigenvalue weighted by molar-refractivity contribution is -0.384. The molecule has 0 radical (unpaired) electrons. The number of benzene rings is 1. The first kappa shape index (κ1) is 14.7. The van der Waals surface area contributed by atoms with E-state index >= 15 is 0 Å². The third-order valence-corrected chi connectivity index (χ3v) is 2.50. The monoisotopic (exact) mass is 264 g/mol. The number of nitro groups is 1. The molecule has 1 aromatic rings. The number of anilines is 1. The summed E-state index contributed by atoms with van der Waals surface area (Å²) in [7, 11) is 0. The molecule has 102 valence electrons. The van der Waals surface area contributed by atoms with Gasteiger partial charge in [-0.1, -0.05) is 12.2 Å². The molecule has 0 heterocycles. The van der Waals surface area contributed by atoms with Crippen molar-refractivity contribution in [3.63, 3.8) is 0 Å². The third kappa shape index (κ3) is 4.09. The smallest absolute Gasteiger partial charge is 0.309 e. The van der Waals surface area contributed by atoms with Crippen LogP contribution in [0.2, 0.25) is 0 Å². The molecule has 0 atom stereocenters. The molecule has 0 unspecified atom stereocenters. The van der Waals surface area contributed by atoms with Crippen LogP contribution in [0.25, 0.3) is 6.08 Å². The molecule has 0 amide bonds. The fourth-order valence-electron chi connectivity index (χ4n) is 1.55. The molecule has 0 aromatic heterocycles. The van der Waals surface area contributed by atoms with Crippen molar-refractivity contribution in [3.8, 4) is 0 Å². The fourth-order valence-corrected chi connectivity index (χ4v) is 1.55. The van der Waals surface area contributed by atoms with Crippen LogP contribution in [0.1, 0.15) is 24.5 Å². The second-order valence-corrected chi connectivity index (χ2v) is 3.93. The predicted octanol–water partition coefficient (Wildman–Crippen LogP) is 2.45. The maximum absolute atomic E-state index is 11.1. The maximum atomic E-state index is 11.1. The minimum atomic E-state index is -0.477. The van der Waals surface area contributed by atoms with Crippen LogP contribution in [0.5, 0.6) is 0 Å². The molecule has 0 aliphatic carbocycles.